The summed E-state index contributed by atoms with van der Waals surface area (Å²) in [6.45, 7) is 2.12. The molecular weight excluding hydrogens is 256 g/mol. The van der Waals surface area contributed by atoms with Gasteiger partial charge in [0.1, 0.15) is 0 Å². The Labute approximate surface area is 111 Å². The molecule has 0 radical (unpaired) electrons. The molecule has 17 heavy (non-hydrogen) atoms. The minimum absolute atomic E-state index is 0.0429. The highest BCUT2D eigenvalue weighted by Crippen LogP contribution is 2.27. The van der Waals surface area contributed by atoms with Crippen LogP contribution in [0.2, 0.25) is 0 Å². The van der Waals surface area contributed by atoms with E-state index < -0.39 is 0 Å². The van der Waals surface area contributed by atoms with Crippen LogP contribution in [0.3, 0.4) is 0 Å². The van der Waals surface area contributed by atoms with Gasteiger partial charge in [0.2, 0.25) is 0 Å². The van der Waals surface area contributed by atoms with Crippen LogP contribution in [-0.2, 0) is 12.3 Å². The van der Waals surface area contributed by atoms with Crippen LogP contribution in [0.15, 0.2) is 5.38 Å². The van der Waals surface area contributed by atoms with Crippen molar-refractivity contribution in [1.29, 1.82) is 0 Å². The Balaban J connectivity index is 1.67. The summed E-state index contributed by atoms with van der Waals surface area (Å²) in [5, 5.41) is 12.4. The molecule has 0 aromatic carbocycles. The van der Waals surface area contributed by atoms with Crippen molar-refractivity contribution in [2.24, 2.45) is 5.92 Å². The van der Waals surface area contributed by atoms with E-state index in [2.05, 4.69) is 16.9 Å². The molecule has 0 atom stereocenters. The van der Waals surface area contributed by atoms with Crippen molar-refractivity contribution in [2.45, 2.75) is 31.2 Å². The van der Waals surface area contributed by atoms with Gasteiger partial charge in [-0.1, -0.05) is 0 Å². The van der Waals surface area contributed by atoms with Crippen LogP contribution in [0.25, 0.3) is 0 Å². The topological polar surface area (TPSA) is 36.4 Å². The van der Waals surface area contributed by atoms with Gasteiger partial charge in [-0.15, -0.1) is 22.9 Å². The third-order valence-electron chi connectivity index (χ3n) is 3.22. The third-order valence-corrected chi connectivity index (χ3v) is 4.46. The maximum absolute atomic E-state index is 9.23. The maximum Gasteiger partial charge on any atom is 0.0941 e. The van der Waals surface area contributed by atoms with Crippen molar-refractivity contribution in [3.05, 3.63) is 16.1 Å². The van der Waals surface area contributed by atoms with E-state index >= 15 is 0 Å². The second-order valence-electron chi connectivity index (χ2n) is 4.87. The molecule has 2 rings (SSSR count). The van der Waals surface area contributed by atoms with E-state index in [9.17, 15) is 5.11 Å². The molecule has 96 valence electrons. The van der Waals surface area contributed by atoms with E-state index in [4.69, 9.17) is 11.6 Å². The van der Waals surface area contributed by atoms with E-state index in [0.717, 1.165) is 38.0 Å². The van der Waals surface area contributed by atoms with Crippen molar-refractivity contribution in [1.82, 2.24) is 9.88 Å². The number of aromatic nitrogens is 1. The van der Waals surface area contributed by atoms with Gasteiger partial charge in [0, 0.05) is 24.9 Å². The van der Waals surface area contributed by atoms with Gasteiger partial charge in [0.05, 0.1) is 22.7 Å². The Morgan fingerprint density at radius 1 is 1.59 bits per heavy atom. The van der Waals surface area contributed by atoms with Crippen molar-refractivity contribution in [3.8, 4) is 0 Å². The zero-order valence-corrected chi connectivity index (χ0v) is 11.7. The predicted molar refractivity (Wildman–Crippen MR) is 71.6 cm³/mol. The smallest absolute Gasteiger partial charge is 0.0941 e. The molecule has 0 aliphatic heterocycles. The van der Waals surface area contributed by atoms with Crippen LogP contribution in [-0.4, -0.2) is 41.2 Å². The molecule has 0 spiro atoms. The van der Waals surface area contributed by atoms with Crippen LogP contribution in [0.4, 0.5) is 0 Å². The molecule has 3 nitrogen and oxygen atoms in total. The lowest BCUT2D eigenvalue weighted by Gasteiger charge is -2.34. The first-order valence-electron chi connectivity index (χ1n) is 6.03. The SMILES string of the molecule is CN(CCc1nc(CCl)cs1)CC1CC(O)C1. The zero-order chi connectivity index (χ0) is 12.3. The van der Waals surface area contributed by atoms with Gasteiger partial charge in [-0.3, -0.25) is 0 Å². The number of halogens is 1. The fraction of sp³-hybridized carbons (Fsp3) is 0.750. The van der Waals surface area contributed by atoms with Crippen LogP contribution in [0, 0.1) is 5.92 Å². The first kappa shape index (κ1) is 13.3. The Bertz CT molecular complexity index is 352. The number of aliphatic hydroxyl groups is 1. The second kappa shape index (κ2) is 6.14. The largest absolute Gasteiger partial charge is 0.393 e. The fourth-order valence-corrected chi connectivity index (χ4v) is 3.21. The molecule has 1 aliphatic rings. The molecule has 1 aliphatic carbocycles. The molecule has 0 saturated heterocycles. The van der Waals surface area contributed by atoms with E-state index in [-0.39, 0.29) is 6.10 Å². The van der Waals surface area contributed by atoms with Gasteiger partial charge in [0.15, 0.2) is 0 Å². The van der Waals surface area contributed by atoms with Gasteiger partial charge in [-0.2, -0.15) is 0 Å². The highest BCUT2D eigenvalue weighted by molar-refractivity contribution is 7.09. The minimum Gasteiger partial charge on any atom is -0.393 e. The van der Waals surface area contributed by atoms with Crippen molar-refractivity contribution in [2.75, 3.05) is 20.1 Å². The third kappa shape index (κ3) is 3.91. The number of thiazole rings is 1. The lowest BCUT2D eigenvalue weighted by Crippen LogP contribution is -2.37. The van der Waals surface area contributed by atoms with Gasteiger partial charge >= 0.3 is 0 Å². The Hall–Kier alpha value is -0.160. The number of aliphatic hydroxyl groups excluding tert-OH is 1. The summed E-state index contributed by atoms with van der Waals surface area (Å²) in [4.78, 5) is 6.78. The molecule has 1 N–H and O–H groups in total. The number of hydrogen-bond acceptors (Lipinski definition) is 4. The first-order chi connectivity index (χ1) is 8.17. The summed E-state index contributed by atoms with van der Waals surface area (Å²) in [5.74, 6) is 1.19. The molecule has 1 fully saturated rings. The zero-order valence-electron chi connectivity index (χ0n) is 10.1. The Morgan fingerprint density at radius 2 is 2.35 bits per heavy atom. The van der Waals surface area contributed by atoms with Gasteiger partial charge < -0.3 is 10.0 Å². The number of rotatable bonds is 6. The summed E-state index contributed by atoms with van der Waals surface area (Å²) in [5.41, 5.74) is 0.983. The highest BCUT2D eigenvalue weighted by atomic mass is 35.5. The lowest BCUT2D eigenvalue weighted by atomic mass is 9.82. The van der Waals surface area contributed by atoms with E-state index in [0.29, 0.717) is 11.8 Å². The van der Waals surface area contributed by atoms with E-state index in [1.807, 2.05) is 5.38 Å². The van der Waals surface area contributed by atoms with Crippen LogP contribution in [0.1, 0.15) is 23.5 Å². The maximum atomic E-state index is 9.23. The van der Waals surface area contributed by atoms with E-state index in [1.165, 1.54) is 5.01 Å². The molecule has 5 heteroatoms. The van der Waals surface area contributed by atoms with Crippen LogP contribution in [0.5, 0.6) is 0 Å². The number of nitrogens with zero attached hydrogens (tertiary/aromatic N) is 2. The van der Waals surface area contributed by atoms with Crippen molar-refractivity contribution >= 4 is 22.9 Å². The number of hydrogen-bond donors (Lipinski definition) is 1. The molecule has 1 aromatic heterocycles. The number of likely N-dealkylation sites (N-methyl/N-ethyl adjacent to an activating group) is 1. The average molecular weight is 275 g/mol. The lowest BCUT2D eigenvalue weighted by molar-refractivity contribution is 0.0285. The summed E-state index contributed by atoms with van der Waals surface area (Å²) in [7, 11) is 2.14. The van der Waals surface area contributed by atoms with E-state index in [1.54, 1.807) is 11.3 Å². The Kier molecular flexibility index (Phi) is 4.79. The molecule has 0 amide bonds. The minimum atomic E-state index is -0.0429. The standard InChI is InChI=1S/C12H19ClN2OS/c1-15(7-9-4-11(16)5-9)3-2-12-14-10(6-13)8-17-12/h8-9,11,16H,2-7H2,1H3. The molecule has 1 saturated carbocycles. The molecule has 1 heterocycles. The molecule has 0 bridgehead atoms. The molecule has 0 unspecified atom stereocenters. The summed E-state index contributed by atoms with van der Waals surface area (Å²) in [6.07, 6.45) is 2.89. The van der Waals surface area contributed by atoms with Crippen LogP contribution >= 0.6 is 22.9 Å². The quantitative estimate of drug-likeness (QED) is 0.808. The van der Waals surface area contributed by atoms with Gasteiger partial charge in [-0.25, -0.2) is 4.98 Å². The van der Waals surface area contributed by atoms with Gasteiger partial charge in [-0.05, 0) is 25.8 Å². The fourth-order valence-electron chi connectivity index (χ4n) is 2.19. The van der Waals surface area contributed by atoms with Crippen molar-refractivity contribution in [3.63, 3.8) is 0 Å². The summed E-state index contributed by atoms with van der Waals surface area (Å²) < 4.78 is 0. The molecule has 1 aromatic rings. The monoisotopic (exact) mass is 274 g/mol. The van der Waals surface area contributed by atoms with Gasteiger partial charge in [0.25, 0.3) is 0 Å². The average Bonchev–Trinajstić information content (AvgIpc) is 2.72. The molecular formula is C12H19ClN2OS. The van der Waals surface area contributed by atoms with Crippen molar-refractivity contribution < 1.29 is 5.11 Å². The van der Waals surface area contributed by atoms with Crippen LogP contribution < -0.4 is 0 Å². The number of alkyl halides is 1. The second-order valence-corrected chi connectivity index (χ2v) is 6.08. The summed E-state index contributed by atoms with van der Waals surface area (Å²) in [6, 6.07) is 0. The first-order valence-corrected chi connectivity index (χ1v) is 7.44. The Morgan fingerprint density at radius 3 is 2.94 bits per heavy atom. The predicted octanol–water partition coefficient (Wildman–Crippen LogP) is 2.13. The highest BCUT2D eigenvalue weighted by Gasteiger charge is 2.27. The normalized spacial score (nSPS) is 24.0. The summed E-state index contributed by atoms with van der Waals surface area (Å²) >= 11 is 7.41.